The number of pyridine rings is 1. The van der Waals surface area contributed by atoms with Crippen molar-refractivity contribution in [2.75, 3.05) is 4.90 Å². The number of thiocarbonyl (C=S) groups is 1. The Labute approximate surface area is 202 Å². The molecule has 7 heteroatoms. The summed E-state index contributed by atoms with van der Waals surface area (Å²) in [4.78, 5) is 6.74. The lowest BCUT2D eigenvalue weighted by molar-refractivity contribution is 0.549. The van der Waals surface area contributed by atoms with Crippen LogP contribution in [0.25, 0.3) is 5.69 Å². The summed E-state index contributed by atoms with van der Waals surface area (Å²) in [5, 5.41) is 4.19. The van der Waals surface area contributed by atoms with Crippen molar-refractivity contribution in [1.82, 2.24) is 14.9 Å². The van der Waals surface area contributed by atoms with E-state index in [-0.39, 0.29) is 17.1 Å². The minimum Gasteiger partial charge on any atom is -0.351 e. The number of rotatable bonds is 5. The van der Waals surface area contributed by atoms with E-state index in [1.165, 1.54) is 11.6 Å². The Hall–Kier alpha value is -3.22. The quantitative estimate of drug-likeness (QED) is 0.338. The van der Waals surface area contributed by atoms with Gasteiger partial charge in [-0.05, 0) is 78.8 Å². The van der Waals surface area contributed by atoms with E-state index in [1.807, 2.05) is 35.0 Å². The van der Waals surface area contributed by atoms with Gasteiger partial charge in [-0.25, -0.2) is 4.39 Å². The molecule has 2 atom stereocenters. The van der Waals surface area contributed by atoms with Crippen LogP contribution in [0.4, 0.5) is 10.1 Å². The summed E-state index contributed by atoms with van der Waals surface area (Å²) in [6.07, 6.45) is 4.71. The zero-order chi connectivity index (χ0) is 22.9. The SMILES string of the molecule is CCc1ccc(N2C(=S)N[C@H](c3ccccn3)[C@@H]2c2cccn2-c2ccc(F)c(Cl)c2)cc1. The van der Waals surface area contributed by atoms with Crippen LogP contribution >= 0.6 is 23.8 Å². The van der Waals surface area contributed by atoms with Gasteiger partial charge in [-0.2, -0.15) is 0 Å². The molecule has 0 unspecified atom stereocenters. The number of halogens is 2. The van der Waals surface area contributed by atoms with Crippen LogP contribution in [0.3, 0.4) is 0 Å². The van der Waals surface area contributed by atoms with Crippen LogP contribution in [0.1, 0.15) is 36.0 Å². The van der Waals surface area contributed by atoms with Gasteiger partial charge in [-0.1, -0.05) is 36.7 Å². The van der Waals surface area contributed by atoms with Crippen LogP contribution in [0, 0.1) is 5.82 Å². The summed E-state index contributed by atoms with van der Waals surface area (Å²) in [7, 11) is 0. The molecule has 0 amide bonds. The van der Waals surface area contributed by atoms with Gasteiger partial charge in [-0.3, -0.25) is 4.98 Å². The number of nitrogens with zero attached hydrogens (tertiary/aromatic N) is 3. The molecule has 1 N–H and O–H groups in total. The van der Waals surface area contributed by atoms with Gasteiger partial charge < -0.3 is 14.8 Å². The third kappa shape index (κ3) is 4.01. The summed E-state index contributed by atoms with van der Waals surface area (Å²) in [5.74, 6) is -0.443. The first-order valence-corrected chi connectivity index (χ1v) is 11.6. The lowest BCUT2D eigenvalue weighted by Gasteiger charge is -2.29. The van der Waals surface area contributed by atoms with E-state index in [2.05, 4.69) is 52.5 Å². The molecule has 1 aliphatic rings. The average molecular weight is 477 g/mol. The molecule has 4 nitrogen and oxygen atoms in total. The second kappa shape index (κ2) is 8.96. The smallest absolute Gasteiger partial charge is 0.174 e. The fourth-order valence-electron chi connectivity index (χ4n) is 4.33. The van der Waals surface area contributed by atoms with Gasteiger partial charge in [0.2, 0.25) is 0 Å². The van der Waals surface area contributed by atoms with Gasteiger partial charge in [0.05, 0.1) is 16.8 Å². The molecule has 1 aliphatic heterocycles. The average Bonchev–Trinajstić information content (AvgIpc) is 3.46. The first-order chi connectivity index (χ1) is 16.1. The Balaban J connectivity index is 1.65. The number of nitrogens with one attached hydrogen (secondary N) is 1. The molecule has 33 heavy (non-hydrogen) atoms. The molecule has 2 aromatic heterocycles. The zero-order valence-electron chi connectivity index (χ0n) is 18.0. The maximum absolute atomic E-state index is 13.8. The summed E-state index contributed by atoms with van der Waals surface area (Å²) in [6, 6.07) is 22.7. The highest BCUT2D eigenvalue weighted by Gasteiger charge is 2.42. The lowest BCUT2D eigenvalue weighted by Crippen LogP contribution is -2.30. The molecule has 0 radical (unpaired) electrons. The molecule has 0 spiro atoms. The number of aromatic nitrogens is 2. The molecule has 1 fully saturated rings. The maximum atomic E-state index is 13.8. The summed E-state index contributed by atoms with van der Waals surface area (Å²) in [6.45, 7) is 2.14. The van der Waals surface area contributed by atoms with Gasteiger partial charge in [-0.15, -0.1) is 0 Å². The molecule has 0 aliphatic carbocycles. The van der Waals surface area contributed by atoms with Gasteiger partial charge in [0.25, 0.3) is 0 Å². The molecule has 166 valence electrons. The van der Waals surface area contributed by atoms with Crippen molar-refractivity contribution < 1.29 is 4.39 Å². The maximum Gasteiger partial charge on any atom is 0.174 e. The Kier molecular flexibility index (Phi) is 5.87. The number of hydrogen-bond donors (Lipinski definition) is 1. The minimum atomic E-state index is -0.443. The highest BCUT2D eigenvalue weighted by molar-refractivity contribution is 7.80. The molecule has 4 aromatic rings. The van der Waals surface area contributed by atoms with E-state index >= 15 is 0 Å². The number of aryl methyl sites for hydroxylation is 1. The largest absolute Gasteiger partial charge is 0.351 e. The molecule has 0 saturated carbocycles. The molecule has 0 bridgehead atoms. The molecule has 2 aromatic carbocycles. The van der Waals surface area contributed by atoms with Crippen LogP contribution < -0.4 is 10.2 Å². The van der Waals surface area contributed by atoms with Crippen molar-refractivity contribution in [3.05, 3.63) is 113 Å². The Morgan fingerprint density at radius 3 is 2.52 bits per heavy atom. The zero-order valence-corrected chi connectivity index (χ0v) is 19.5. The second-order valence-corrected chi connectivity index (χ2v) is 8.71. The molecule has 5 rings (SSSR count). The van der Waals surface area contributed by atoms with Crippen LogP contribution in [0.15, 0.2) is 85.2 Å². The van der Waals surface area contributed by atoms with Gasteiger partial charge in [0.1, 0.15) is 11.9 Å². The number of anilines is 1. The molecule has 1 saturated heterocycles. The van der Waals surface area contributed by atoms with Crippen molar-refractivity contribution in [3.63, 3.8) is 0 Å². The standard InChI is InChI=1S/C26H22ClFN4S/c1-2-17-8-10-18(11-9-17)32-25(24(30-26(32)33)22-6-3-4-14-29-22)23-7-5-15-31(23)19-12-13-21(28)20(27)16-19/h3-16,24-25H,2H2,1H3,(H,30,33)/t24-,25+/m1/s1. The van der Waals surface area contributed by atoms with Gasteiger partial charge in [0, 0.05) is 29.5 Å². The monoisotopic (exact) mass is 476 g/mol. The van der Waals surface area contributed by atoms with Crippen molar-refractivity contribution >= 4 is 34.6 Å². The normalized spacial score (nSPS) is 17.9. The molecule has 3 heterocycles. The van der Waals surface area contributed by atoms with E-state index in [1.54, 1.807) is 18.3 Å². The Morgan fingerprint density at radius 2 is 1.82 bits per heavy atom. The fourth-order valence-corrected chi connectivity index (χ4v) is 4.85. The van der Waals surface area contributed by atoms with Crippen molar-refractivity contribution in [1.29, 1.82) is 0 Å². The number of hydrogen-bond acceptors (Lipinski definition) is 2. The van der Waals surface area contributed by atoms with Gasteiger partial charge >= 0.3 is 0 Å². The van der Waals surface area contributed by atoms with E-state index in [0.717, 1.165) is 29.2 Å². The Morgan fingerprint density at radius 1 is 1.03 bits per heavy atom. The van der Waals surface area contributed by atoms with Crippen molar-refractivity contribution in [2.24, 2.45) is 0 Å². The number of benzene rings is 2. The molecular formula is C26H22ClFN4S. The van der Waals surface area contributed by atoms with Crippen molar-refractivity contribution in [2.45, 2.75) is 25.4 Å². The first-order valence-electron chi connectivity index (χ1n) is 10.8. The third-order valence-corrected chi connectivity index (χ3v) is 6.59. The van der Waals surface area contributed by atoms with E-state index in [0.29, 0.717) is 5.11 Å². The second-order valence-electron chi connectivity index (χ2n) is 7.92. The topological polar surface area (TPSA) is 33.1 Å². The lowest BCUT2D eigenvalue weighted by atomic mass is 10.0. The summed E-state index contributed by atoms with van der Waals surface area (Å²) < 4.78 is 15.9. The predicted molar refractivity (Wildman–Crippen MR) is 134 cm³/mol. The van der Waals surface area contributed by atoms with Crippen LogP contribution in [0.5, 0.6) is 0 Å². The fraction of sp³-hybridized carbons (Fsp3) is 0.154. The van der Waals surface area contributed by atoms with E-state index in [9.17, 15) is 4.39 Å². The van der Waals surface area contributed by atoms with Crippen LogP contribution in [-0.4, -0.2) is 14.7 Å². The highest BCUT2D eigenvalue weighted by atomic mass is 35.5. The van der Waals surface area contributed by atoms with Crippen LogP contribution in [0.2, 0.25) is 5.02 Å². The minimum absolute atomic E-state index is 0.0838. The first kappa shape index (κ1) is 21.6. The third-order valence-electron chi connectivity index (χ3n) is 5.99. The summed E-state index contributed by atoms with van der Waals surface area (Å²) >= 11 is 11.9. The predicted octanol–water partition coefficient (Wildman–Crippen LogP) is 6.40. The Bertz CT molecular complexity index is 1290. The summed E-state index contributed by atoms with van der Waals surface area (Å²) in [5.41, 5.74) is 4.92. The molecular weight excluding hydrogens is 455 g/mol. The van der Waals surface area contributed by atoms with E-state index < -0.39 is 5.82 Å². The van der Waals surface area contributed by atoms with Crippen LogP contribution in [-0.2, 0) is 6.42 Å². The highest BCUT2D eigenvalue weighted by Crippen LogP contribution is 2.42. The van der Waals surface area contributed by atoms with Crippen molar-refractivity contribution in [3.8, 4) is 5.69 Å². The van der Waals surface area contributed by atoms with E-state index in [4.69, 9.17) is 23.8 Å². The van der Waals surface area contributed by atoms with Gasteiger partial charge in [0.15, 0.2) is 5.11 Å².